The van der Waals surface area contributed by atoms with Crippen LogP contribution in [0.25, 0.3) is 0 Å². The Hall–Kier alpha value is -1.37. The van der Waals surface area contributed by atoms with Crippen molar-refractivity contribution in [3.05, 3.63) is 58.6 Å². The molecule has 0 heterocycles. The number of halogens is 1. The fourth-order valence-corrected chi connectivity index (χ4v) is 3.43. The monoisotopic (exact) mass is 368 g/mol. The zero-order valence-corrected chi connectivity index (χ0v) is 14.2. The normalized spacial score (nSPS) is 12.9. The van der Waals surface area contributed by atoms with Crippen LogP contribution in [0.15, 0.2) is 57.9 Å². The van der Waals surface area contributed by atoms with Crippen LogP contribution in [0.1, 0.15) is 18.5 Å². The summed E-state index contributed by atoms with van der Waals surface area (Å²) in [6, 6.07) is 14.8. The molecule has 4 nitrogen and oxygen atoms in total. The van der Waals surface area contributed by atoms with Crippen LogP contribution in [0.5, 0.6) is 0 Å². The molecule has 0 aliphatic rings. The molecule has 0 saturated heterocycles. The van der Waals surface area contributed by atoms with E-state index in [1.165, 1.54) is 7.05 Å². The summed E-state index contributed by atoms with van der Waals surface area (Å²) in [5.41, 5.74) is 1.87. The SMILES string of the molecule is CNS(=O)(=O)c1cccc(NC(C)c2ccccc2Br)c1. The number of rotatable bonds is 5. The molecule has 0 saturated carbocycles. The second kappa shape index (κ2) is 6.60. The van der Waals surface area contributed by atoms with Crippen LogP contribution in [0.3, 0.4) is 0 Å². The van der Waals surface area contributed by atoms with Crippen molar-refractivity contribution in [2.24, 2.45) is 0 Å². The zero-order chi connectivity index (χ0) is 15.5. The fraction of sp³-hybridized carbons (Fsp3) is 0.200. The molecule has 0 aliphatic heterocycles. The Bertz CT molecular complexity index is 732. The summed E-state index contributed by atoms with van der Waals surface area (Å²) < 4.78 is 27.0. The average molecular weight is 369 g/mol. The van der Waals surface area contributed by atoms with E-state index in [2.05, 4.69) is 26.0 Å². The van der Waals surface area contributed by atoms with Crippen LogP contribution in [-0.2, 0) is 10.0 Å². The lowest BCUT2D eigenvalue weighted by Crippen LogP contribution is -2.18. The lowest BCUT2D eigenvalue weighted by molar-refractivity contribution is 0.588. The molecule has 0 aliphatic carbocycles. The van der Waals surface area contributed by atoms with E-state index in [9.17, 15) is 8.42 Å². The maximum atomic E-state index is 11.8. The first-order chi connectivity index (χ1) is 9.94. The first kappa shape index (κ1) is 16.0. The van der Waals surface area contributed by atoms with Crippen LogP contribution < -0.4 is 10.0 Å². The van der Waals surface area contributed by atoms with E-state index in [-0.39, 0.29) is 10.9 Å². The van der Waals surface area contributed by atoms with Crippen molar-refractivity contribution in [3.63, 3.8) is 0 Å². The third-order valence-corrected chi connectivity index (χ3v) is 5.30. The third kappa shape index (κ3) is 3.84. The molecule has 0 spiro atoms. The van der Waals surface area contributed by atoms with Gasteiger partial charge in [0.1, 0.15) is 0 Å². The van der Waals surface area contributed by atoms with E-state index < -0.39 is 10.0 Å². The van der Waals surface area contributed by atoms with Crippen LogP contribution in [0, 0.1) is 0 Å². The minimum atomic E-state index is -3.43. The van der Waals surface area contributed by atoms with Gasteiger partial charge in [0.15, 0.2) is 0 Å². The van der Waals surface area contributed by atoms with Crippen LogP contribution in [0.2, 0.25) is 0 Å². The lowest BCUT2D eigenvalue weighted by atomic mass is 10.1. The van der Waals surface area contributed by atoms with Gasteiger partial charge < -0.3 is 5.32 Å². The van der Waals surface area contributed by atoms with Crippen LogP contribution >= 0.6 is 15.9 Å². The highest BCUT2D eigenvalue weighted by molar-refractivity contribution is 9.10. The summed E-state index contributed by atoms with van der Waals surface area (Å²) in [5, 5.41) is 3.31. The Balaban J connectivity index is 2.25. The van der Waals surface area contributed by atoms with Crippen LogP contribution in [0.4, 0.5) is 5.69 Å². The van der Waals surface area contributed by atoms with E-state index in [4.69, 9.17) is 0 Å². The molecule has 2 N–H and O–H groups in total. The highest BCUT2D eigenvalue weighted by Crippen LogP contribution is 2.26. The van der Waals surface area contributed by atoms with Gasteiger partial charge in [-0.15, -0.1) is 0 Å². The molecule has 0 radical (unpaired) electrons. The van der Waals surface area contributed by atoms with Gasteiger partial charge in [-0.2, -0.15) is 0 Å². The van der Waals surface area contributed by atoms with Crippen molar-refractivity contribution in [2.45, 2.75) is 17.9 Å². The molecule has 1 atom stereocenters. The molecule has 0 bridgehead atoms. The molecule has 0 fully saturated rings. The molecule has 1 unspecified atom stereocenters. The van der Waals surface area contributed by atoms with Gasteiger partial charge in [-0.1, -0.05) is 40.2 Å². The maximum absolute atomic E-state index is 11.8. The van der Waals surface area contributed by atoms with E-state index in [0.29, 0.717) is 0 Å². The molecule has 2 aromatic rings. The molecular weight excluding hydrogens is 352 g/mol. The molecule has 6 heteroatoms. The van der Waals surface area contributed by atoms with Gasteiger partial charge in [-0.05, 0) is 43.8 Å². The quantitative estimate of drug-likeness (QED) is 0.848. The summed E-state index contributed by atoms with van der Waals surface area (Å²) in [5.74, 6) is 0. The third-order valence-electron chi connectivity index (χ3n) is 3.17. The predicted octanol–water partition coefficient (Wildman–Crippen LogP) is 3.53. The summed E-state index contributed by atoms with van der Waals surface area (Å²) in [4.78, 5) is 0.245. The Morgan fingerprint density at radius 3 is 2.48 bits per heavy atom. The van der Waals surface area contributed by atoms with Gasteiger partial charge in [0.25, 0.3) is 0 Å². The van der Waals surface area contributed by atoms with Gasteiger partial charge >= 0.3 is 0 Å². The molecule has 21 heavy (non-hydrogen) atoms. The lowest BCUT2D eigenvalue weighted by Gasteiger charge is -2.17. The van der Waals surface area contributed by atoms with Crippen molar-refractivity contribution < 1.29 is 8.42 Å². The summed E-state index contributed by atoms with van der Waals surface area (Å²) in [6.45, 7) is 2.03. The second-order valence-corrected chi connectivity index (χ2v) is 7.36. The van der Waals surface area contributed by atoms with Gasteiger partial charge in [0.2, 0.25) is 10.0 Å². The highest BCUT2D eigenvalue weighted by atomic mass is 79.9. The Morgan fingerprint density at radius 2 is 1.81 bits per heavy atom. The highest BCUT2D eigenvalue weighted by Gasteiger charge is 2.13. The Kier molecular flexibility index (Phi) is 5.03. The smallest absolute Gasteiger partial charge is 0.240 e. The first-order valence-electron chi connectivity index (χ1n) is 6.48. The molecule has 0 amide bonds. The largest absolute Gasteiger partial charge is 0.378 e. The topological polar surface area (TPSA) is 58.2 Å². The Labute approximate surface area is 133 Å². The van der Waals surface area contributed by atoms with Crippen molar-refractivity contribution in [2.75, 3.05) is 12.4 Å². The zero-order valence-electron chi connectivity index (χ0n) is 11.8. The molecule has 112 valence electrons. The van der Waals surface area contributed by atoms with Crippen molar-refractivity contribution in [3.8, 4) is 0 Å². The summed E-state index contributed by atoms with van der Waals surface area (Å²) >= 11 is 3.52. The minimum Gasteiger partial charge on any atom is -0.378 e. The first-order valence-corrected chi connectivity index (χ1v) is 8.76. The number of nitrogens with one attached hydrogen (secondary N) is 2. The summed E-state index contributed by atoms with van der Waals surface area (Å²) in [6.07, 6.45) is 0. The van der Waals surface area contributed by atoms with Gasteiger partial charge in [0.05, 0.1) is 4.90 Å². The minimum absolute atomic E-state index is 0.0492. The van der Waals surface area contributed by atoms with Crippen LogP contribution in [-0.4, -0.2) is 15.5 Å². The maximum Gasteiger partial charge on any atom is 0.240 e. The fourth-order valence-electron chi connectivity index (χ4n) is 2.02. The molecule has 0 aromatic heterocycles. The van der Waals surface area contributed by atoms with Gasteiger partial charge in [-0.25, -0.2) is 13.1 Å². The van der Waals surface area contributed by atoms with Crippen molar-refractivity contribution in [1.29, 1.82) is 0 Å². The average Bonchev–Trinajstić information content (AvgIpc) is 2.48. The number of anilines is 1. The predicted molar refractivity (Wildman–Crippen MR) is 88.9 cm³/mol. The van der Waals surface area contributed by atoms with Crippen molar-refractivity contribution in [1.82, 2.24) is 4.72 Å². The van der Waals surface area contributed by atoms with E-state index >= 15 is 0 Å². The van der Waals surface area contributed by atoms with E-state index in [1.807, 2.05) is 37.3 Å². The van der Waals surface area contributed by atoms with E-state index in [1.54, 1.807) is 18.2 Å². The van der Waals surface area contributed by atoms with E-state index in [0.717, 1.165) is 15.7 Å². The summed E-state index contributed by atoms with van der Waals surface area (Å²) in [7, 11) is -2.03. The second-order valence-electron chi connectivity index (χ2n) is 4.62. The van der Waals surface area contributed by atoms with Gasteiger partial charge in [-0.3, -0.25) is 0 Å². The molecule has 2 rings (SSSR count). The number of sulfonamides is 1. The standard InChI is InChI=1S/C15H17BrN2O2S/c1-11(14-8-3-4-9-15(14)16)18-12-6-5-7-13(10-12)21(19,20)17-2/h3-11,17-18H,1-2H3. The Morgan fingerprint density at radius 1 is 1.10 bits per heavy atom. The number of hydrogen-bond donors (Lipinski definition) is 2. The van der Waals surface area contributed by atoms with Crippen molar-refractivity contribution >= 4 is 31.6 Å². The number of benzene rings is 2. The molecule has 2 aromatic carbocycles. The van der Waals surface area contributed by atoms with Gasteiger partial charge in [0, 0.05) is 16.2 Å². The molecular formula is C15H17BrN2O2S. The number of hydrogen-bond acceptors (Lipinski definition) is 3.